The largest absolute Gasteiger partial charge is 0.383 e. The number of ether oxygens (including phenoxy) is 1. The Morgan fingerprint density at radius 3 is 2.74 bits per heavy atom. The predicted molar refractivity (Wildman–Crippen MR) is 110 cm³/mol. The van der Waals surface area contributed by atoms with Gasteiger partial charge in [-0.05, 0) is 31.0 Å². The van der Waals surface area contributed by atoms with Gasteiger partial charge in [0.15, 0.2) is 0 Å². The third-order valence-corrected chi connectivity index (χ3v) is 5.00. The van der Waals surface area contributed by atoms with Crippen LogP contribution in [-0.2, 0) is 16.1 Å². The van der Waals surface area contributed by atoms with Crippen molar-refractivity contribution in [1.29, 1.82) is 0 Å². The first-order valence-corrected chi connectivity index (χ1v) is 9.54. The number of rotatable bonds is 8. The number of aromatic nitrogens is 1. The van der Waals surface area contributed by atoms with Gasteiger partial charge in [-0.2, -0.15) is 0 Å². The second kappa shape index (κ2) is 8.87. The summed E-state index contributed by atoms with van der Waals surface area (Å²) in [6.07, 6.45) is 2.63. The number of hydrogen-bond acceptors (Lipinski definition) is 2. The summed E-state index contributed by atoms with van der Waals surface area (Å²) in [6, 6.07) is 16.9. The lowest BCUT2D eigenvalue weighted by Gasteiger charge is -2.18. The van der Waals surface area contributed by atoms with Crippen molar-refractivity contribution < 1.29 is 9.53 Å². The lowest BCUT2D eigenvalue weighted by atomic mass is 9.87. The van der Waals surface area contributed by atoms with Gasteiger partial charge >= 0.3 is 0 Å². The number of benzene rings is 2. The summed E-state index contributed by atoms with van der Waals surface area (Å²) < 4.78 is 7.30. The molecular formula is C23H28N2O2. The Morgan fingerprint density at radius 2 is 2.00 bits per heavy atom. The van der Waals surface area contributed by atoms with Gasteiger partial charge in [-0.15, -0.1) is 0 Å². The van der Waals surface area contributed by atoms with E-state index < -0.39 is 0 Å². The molecule has 1 atom stereocenters. The molecule has 1 unspecified atom stereocenters. The Bertz CT molecular complexity index is 914. The number of fused-ring (bicyclic) bond motifs is 1. The minimum Gasteiger partial charge on any atom is -0.383 e. The molecule has 2 aromatic carbocycles. The molecular weight excluding hydrogens is 336 g/mol. The number of nitrogens with zero attached hydrogens (tertiary/aromatic N) is 1. The van der Waals surface area contributed by atoms with Crippen LogP contribution in [0.4, 0.5) is 0 Å². The van der Waals surface area contributed by atoms with Gasteiger partial charge in [0.2, 0.25) is 5.91 Å². The predicted octanol–water partition coefficient (Wildman–Crippen LogP) is 4.25. The molecule has 0 bridgehead atoms. The fourth-order valence-corrected chi connectivity index (χ4v) is 3.66. The van der Waals surface area contributed by atoms with Gasteiger partial charge in [-0.3, -0.25) is 4.79 Å². The van der Waals surface area contributed by atoms with Crippen LogP contribution in [0.3, 0.4) is 0 Å². The van der Waals surface area contributed by atoms with E-state index in [-0.39, 0.29) is 11.8 Å². The van der Waals surface area contributed by atoms with Crippen LogP contribution in [0.2, 0.25) is 0 Å². The minimum atomic E-state index is 0.0187. The summed E-state index contributed by atoms with van der Waals surface area (Å²) in [7, 11) is 1.64. The molecule has 3 rings (SSSR count). The zero-order chi connectivity index (χ0) is 19.2. The van der Waals surface area contributed by atoms with Gasteiger partial charge in [0.25, 0.3) is 0 Å². The van der Waals surface area contributed by atoms with E-state index in [0.29, 0.717) is 19.6 Å². The Morgan fingerprint density at radius 1 is 1.19 bits per heavy atom. The monoisotopic (exact) mass is 364 g/mol. The summed E-state index contributed by atoms with van der Waals surface area (Å²) >= 11 is 0. The van der Waals surface area contributed by atoms with Crippen LogP contribution in [0.15, 0.2) is 54.7 Å². The van der Waals surface area contributed by atoms with Gasteiger partial charge in [-0.1, -0.05) is 48.0 Å². The van der Waals surface area contributed by atoms with Crippen molar-refractivity contribution >= 4 is 16.8 Å². The standard InChI is InChI=1S/C23H28N2O2/c1-4-25-16-21(19-10-5-6-11-22(19)25)20(15-23(26)24-12-13-27-3)18-9-7-8-17(2)14-18/h5-11,14,16,20H,4,12-13,15H2,1-3H3,(H,24,26). The molecule has 0 aliphatic carbocycles. The zero-order valence-corrected chi connectivity index (χ0v) is 16.4. The SMILES string of the molecule is CCn1cc(C(CC(=O)NCCOC)c2cccc(C)c2)c2ccccc21. The van der Waals surface area contributed by atoms with Crippen LogP contribution in [0.5, 0.6) is 0 Å². The number of amides is 1. The fraction of sp³-hybridized carbons (Fsp3) is 0.348. The molecule has 4 heteroatoms. The maximum atomic E-state index is 12.6. The topological polar surface area (TPSA) is 43.3 Å². The van der Waals surface area contributed by atoms with Crippen molar-refractivity contribution in [2.45, 2.75) is 32.7 Å². The molecule has 0 aliphatic rings. The van der Waals surface area contributed by atoms with Crippen molar-refractivity contribution in [3.05, 3.63) is 71.4 Å². The molecule has 0 fully saturated rings. The second-order valence-corrected chi connectivity index (χ2v) is 6.90. The fourth-order valence-electron chi connectivity index (χ4n) is 3.66. The summed E-state index contributed by atoms with van der Waals surface area (Å²) in [5, 5.41) is 4.18. The Labute approximate surface area is 161 Å². The van der Waals surface area contributed by atoms with Crippen molar-refractivity contribution in [2.24, 2.45) is 0 Å². The van der Waals surface area contributed by atoms with Crippen LogP contribution < -0.4 is 5.32 Å². The molecule has 1 N–H and O–H groups in total. The summed E-state index contributed by atoms with van der Waals surface area (Å²) in [5.41, 5.74) is 4.81. The molecule has 27 heavy (non-hydrogen) atoms. The first kappa shape index (κ1) is 19.2. The average Bonchev–Trinajstić information content (AvgIpc) is 3.05. The third kappa shape index (κ3) is 4.40. The molecule has 0 saturated carbocycles. The molecule has 0 spiro atoms. The smallest absolute Gasteiger partial charge is 0.221 e. The molecule has 0 radical (unpaired) electrons. The summed E-state index contributed by atoms with van der Waals surface area (Å²) in [6.45, 7) is 6.20. The second-order valence-electron chi connectivity index (χ2n) is 6.90. The number of carbonyl (C=O) groups excluding carboxylic acids is 1. The normalized spacial score (nSPS) is 12.3. The number of hydrogen-bond donors (Lipinski definition) is 1. The summed E-state index contributed by atoms with van der Waals surface area (Å²) in [4.78, 5) is 12.6. The molecule has 0 saturated heterocycles. The van der Waals surface area contributed by atoms with E-state index in [4.69, 9.17) is 4.74 Å². The molecule has 1 aromatic heterocycles. The van der Waals surface area contributed by atoms with Gasteiger partial charge in [0.05, 0.1) is 6.61 Å². The van der Waals surface area contributed by atoms with Crippen LogP contribution in [-0.4, -0.2) is 30.7 Å². The van der Waals surface area contributed by atoms with Crippen molar-refractivity contribution in [3.63, 3.8) is 0 Å². The highest BCUT2D eigenvalue weighted by Crippen LogP contribution is 2.35. The summed E-state index contributed by atoms with van der Waals surface area (Å²) in [5.74, 6) is 0.0667. The number of carbonyl (C=O) groups is 1. The molecule has 0 aliphatic heterocycles. The van der Waals surface area contributed by atoms with E-state index in [0.717, 1.165) is 6.54 Å². The van der Waals surface area contributed by atoms with Crippen LogP contribution in [0.25, 0.3) is 10.9 Å². The van der Waals surface area contributed by atoms with Crippen molar-refractivity contribution in [3.8, 4) is 0 Å². The van der Waals surface area contributed by atoms with Gasteiger partial charge in [0, 0.05) is 49.6 Å². The molecule has 4 nitrogen and oxygen atoms in total. The van der Waals surface area contributed by atoms with E-state index in [1.807, 2.05) is 0 Å². The minimum absolute atomic E-state index is 0.0187. The number of methoxy groups -OCH3 is 1. The first-order chi connectivity index (χ1) is 13.1. The maximum absolute atomic E-state index is 12.6. The van der Waals surface area contributed by atoms with E-state index in [9.17, 15) is 4.79 Å². The average molecular weight is 364 g/mol. The highest BCUT2D eigenvalue weighted by atomic mass is 16.5. The van der Waals surface area contributed by atoms with Crippen LogP contribution >= 0.6 is 0 Å². The Kier molecular flexibility index (Phi) is 6.30. The van der Waals surface area contributed by atoms with Gasteiger partial charge in [-0.25, -0.2) is 0 Å². The van der Waals surface area contributed by atoms with E-state index in [1.165, 1.54) is 27.6 Å². The lowest BCUT2D eigenvalue weighted by molar-refractivity contribution is -0.121. The Balaban J connectivity index is 2.01. The number of para-hydroxylation sites is 1. The van der Waals surface area contributed by atoms with Crippen LogP contribution in [0, 0.1) is 6.92 Å². The highest BCUT2D eigenvalue weighted by Gasteiger charge is 2.22. The highest BCUT2D eigenvalue weighted by molar-refractivity contribution is 5.86. The van der Waals surface area contributed by atoms with Gasteiger partial charge < -0.3 is 14.6 Å². The number of nitrogens with one attached hydrogen (secondary N) is 1. The zero-order valence-electron chi connectivity index (χ0n) is 16.4. The van der Waals surface area contributed by atoms with Gasteiger partial charge in [0.1, 0.15) is 0 Å². The van der Waals surface area contributed by atoms with Crippen molar-refractivity contribution in [1.82, 2.24) is 9.88 Å². The van der Waals surface area contributed by atoms with Crippen LogP contribution in [0.1, 0.15) is 36.0 Å². The Hall–Kier alpha value is -2.59. The molecule has 3 aromatic rings. The van der Waals surface area contributed by atoms with E-state index >= 15 is 0 Å². The molecule has 142 valence electrons. The third-order valence-electron chi connectivity index (χ3n) is 5.00. The van der Waals surface area contributed by atoms with Crippen molar-refractivity contribution in [2.75, 3.05) is 20.3 Å². The molecule has 1 heterocycles. The first-order valence-electron chi connectivity index (χ1n) is 9.54. The van der Waals surface area contributed by atoms with E-state index in [1.54, 1.807) is 7.11 Å². The lowest BCUT2D eigenvalue weighted by Crippen LogP contribution is -2.28. The van der Waals surface area contributed by atoms with E-state index in [2.05, 4.69) is 78.5 Å². The quantitative estimate of drug-likeness (QED) is 0.607. The molecule has 1 amide bonds. The maximum Gasteiger partial charge on any atom is 0.221 e. The number of aryl methyl sites for hydroxylation is 2.